The van der Waals surface area contributed by atoms with Crippen LogP contribution in [0.25, 0.3) is 0 Å². The van der Waals surface area contributed by atoms with E-state index in [0.717, 1.165) is 18.4 Å². The number of benzene rings is 1. The van der Waals surface area contributed by atoms with Gasteiger partial charge < -0.3 is 10.6 Å². The van der Waals surface area contributed by atoms with Crippen LogP contribution in [-0.2, 0) is 16.0 Å². The van der Waals surface area contributed by atoms with Crippen LogP contribution in [0, 0.1) is 0 Å². The van der Waals surface area contributed by atoms with E-state index < -0.39 is 6.04 Å². The van der Waals surface area contributed by atoms with E-state index in [-0.39, 0.29) is 11.8 Å². The van der Waals surface area contributed by atoms with E-state index in [0.29, 0.717) is 18.7 Å². The Kier molecular flexibility index (Phi) is 10.5. The standard InChI is InChI=1S/C24H33N3O2/c1-2-3-4-5-6-7-11-17-23(28)26-21(19-20-14-9-8-10-15-20)24(29)27-22-16-12-13-18-25-22/h8-10,12-16,18,21H,2-7,11,17,19H2,1H3,(H,26,28)(H,25,27,29)/t21-/m0/s1. The molecule has 0 fully saturated rings. The van der Waals surface area contributed by atoms with Gasteiger partial charge in [0.25, 0.3) is 0 Å². The average molecular weight is 396 g/mol. The second kappa shape index (κ2) is 13.5. The minimum absolute atomic E-state index is 0.0735. The van der Waals surface area contributed by atoms with Crippen molar-refractivity contribution >= 4 is 17.6 Å². The van der Waals surface area contributed by atoms with Crippen molar-refractivity contribution in [1.82, 2.24) is 10.3 Å². The number of carbonyl (C=O) groups is 2. The van der Waals surface area contributed by atoms with E-state index in [1.54, 1.807) is 18.3 Å². The molecule has 1 heterocycles. The Morgan fingerprint density at radius 2 is 1.59 bits per heavy atom. The fourth-order valence-electron chi connectivity index (χ4n) is 3.22. The second-order valence-electron chi connectivity index (χ2n) is 7.39. The fraction of sp³-hybridized carbons (Fsp3) is 0.458. The van der Waals surface area contributed by atoms with Gasteiger partial charge >= 0.3 is 0 Å². The predicted octanol–water partition coefficient (Wildman–Crippen LogP) is 4.89. The molecule has 2 rings (SSSR count). The summed E-state index contributed by atoms with van der Waals surface area (Å²) in [6.45, 7) is 2.21. The summed E-state index contributed by atoms with van der Waals surface area (Å²) in [6, 6.07) is 14.4. The number of rotatable bonds is 13. The zero-order valence-corrected chi connectivity index (χ0v) is 17.4. The van der Waals surface area contributed by atoms with Gasteiger partial charge in [0, 0.05) is 19.0 Å². The molecule has 0 saturated carbocycles. The van der Waals surface area contributed by atoms with Crippen LogP contribution in [0.3, 0.4) is 0 Å². The zero-order chi connectivity index (χ0) is 20.7. The van der Waals surface area contributed by atoms with Crippen LogP contribution in [0.15, 0.2) is 54.7 Å². The molecule has 0 aliphatic carbocycles. The number of aromatic nitrogens is 1. The van der Waals surface area contributed by atoms with Crippen LogP contribution in [0.2, 0.25) is 0 Å². The number of anilines is 1. The van der Waals surface area contributed by atoms with Crippen LogP contribution < -0.4 is 10.6 Å². The summed E-state index contributed by atoms with van der Waals surface area (Å²) in [4.78, 5) is 29.3. The summed E-state index contributed by atoms with van der Waals surface area (Å²) < 4.78 is 0. The maximum atomic E-state index is 12.8. The van der Waals surface area contributed by atoms with Crippen molar-refractivity contribution in [3.05, 3.63) is 60.3 Å². The van der Waals surface area contributed by atoms with Crippen LogP contribution in [0.1, 0.15) is 63.9 Å². The molecule has 29 heavy (non-hydrogen) atoms. The van der Waals surface area contributed by atoms with Gasteiger partial charge in [0.2, 0.25) is 11.8 Å². The summed E-state index contributed by atoms with van der Waals surface area (Å²) in [5.41, 5.74) is 1.00. The maximum Gasteiger partial charge on any atom is 0.248 e. The highest BCUT2D eigenvalue weighted by atomic mass is 16.2. The van der Waals surface area contributed by atoms with Crippen LogP contribution in [0.5, 0.6) is 0 Å². The second-order valence-corrected chi connectivity index (χ2v) is 7.39. The summed E-state index contributed by atoms with van der Waals surface area (Å²) >= 11 is 0. The Balaban J connectivity index is 1.85. The molecule has 1 aromatic carbocycles. The number of hydrogen-bond donors (Lipinski definition) is 2. The van der Waals surface area contributed by atoms with Crippen LogP contribution in [0.4, 0.5) is 5.82 Å². The highest BCUT2D eigenvalue weighted by Gasteiger charge is 2.21. The van der Waals surface area contributed by atoms with Crippen molar-refractivity contribution in [3.8, 4) is 0 Å². The zero-order valence-electron chi connectivity index (χ0n) is 17.4. The van der Waals surface area contributed by atoms with Crippen molar-refractivity contribution in [2.24, 2.45) is 0 Å². The van der Waals surface area contributed by atoms with Gasteiger partial charge in [-0.25, -0.2) is 4.98 Å². The largest absolute Gasteiger partial charge is 0.344 e. The van der Waals surface area contributed by atoms with Gasteiger partial charge in [-0.1, -0.05) is 81.8 Å². The Morgan fingerprint density at radius 3 is 2.28 bits per heavy atom. The van der Waals surface area contributed by atoms with Crippen molar-refractivity contribution < 1.29 is 9.59 Å². The maximum absolute atomic E-state index is 12.8. The van der Waals surface area contributed by atoms with Crippen molar-refractivity contribution in [2.75, 3.05) is 5.32 Å². The molecule has 0 unspecified atom stereocenters. The van der Waals surface area contributed by atoms with E-state index in [1.165, 1.54) is 32.1 Å². The lowest BCUT2D eigenvalue weighted by molar-refractivity contribution is -0.126. The van der Waals surface area contributed by atoms with Crippen molar-refractivity contribution in [2.45, 2.75) is 70.8 Å². The molecule has 1 atom stereocenters. The van der Waals surface area contributed by atoms with Gasteiger partial charge in [-0.05, 0) is 24.1 Å². The van der Waals surface area contributed by atoms with E-state index in [9.17, 15) is 9.59 Å². The molecule has 0 aliphatic heterocycles. The normalized spacial score (nSPS) is 11.6. The molecule has 0 spiro atoms. The summed E-state index contributed by atoms with van der Waals surface area (Å²) in [7, 11) is 0. The van der Waals surface area contributed by atoms with Gasteiger partial charge in [0.05, 0.1) is 0 Å². The molecular weight excluding hydrogens is 362 g/mol. The number of pyridine rings is 1. The predicted molar refractivity (Wildman–Crippen MR) is 118 cm³/mol. The molecule has 0 aliphatic rings. The smallest absolute Gasteiger partial charge is 0.248 e. The first-order valence-corrected chi connectivity index (χ1v) is 10.7. The highest BCUT2D eigenvalue weighted by Crippen LogP contribution is 2.10. The van der Waals surface area contributed by atoms with E-state index in [1.807, 2.05) is 36.4 Å². The highest BCUT2D eigenvalue weighted by molar-refractivity contribution is 5.96. The Bertz CT molecular complexity index is 719. The SMILES string of the molecule is CCCCCCCCCC(=O)N[C@@H](Cc1ccccc1)C(=O)Nc1ccccn1. The summed E-state index contributed by atoms with van der Waals surface area (Å²) in [5, 5.41) is 5.72. The molecule has 5 nitrogen and oxygen atoms in total. The number of unbranched alkanes of at least 4 members (excludes halogenated alkanes) is 6. The summed E-state index contributed by atoms with van der Waals surface area (Å²) in [6.07, 6.45) is 10.6. The Hall–Kier alpha value is -2.69. The minimum Gasteiger partial charge on any atom is -0.344 e. The molecule has 0 saturated heterocycles. The molecular formula is C24H33N3O2. The molecule has 5 heteroatoms. The first-order chi connectivity index (χ1) is 14.2. The quantitative estimate of drug-likeness (QED) is 0.475. The van der Waals surface area contributed by atoms with Crippen LogP contribution >= 0.6 is 0 Å². The lowest BCUT2D eigenvalue weighted by atomic mass is 10.0. The van der Waals surface area contributed by atoms with Gasteiger partial charge in [-0.2, -0.15) is 0 Å². The minimum atomic E-state index is -0.628. The molecule has 0 bridgehead atoms. The third-order valence-corrected chi connectivity index (χ3v) is 4.86. The number of carbonyl (C=O) groups excluding carboxylic acids is 2. The van der Waals surface area contributed by atoms with Crippen molar-refractivity contribution in [1.29, 1.82) is 0 Å². The molecule has 1 aromatic heterocycles. The topological polar surface area (TPSA) is 71.1 Å². The fourth-order valence-corrected chi connectivity index (χ4v) is 3.22. The first kappa shape index (κ1) is 22.6. The molecule has 2 N–H and O–H groups in total. The Morgan fingerprint density at radius 1 is 0.897 bits per heavy atom. The van der Waals surface area contributed by atoms with Gasteiger partial charge in [0.15, 0.2) is 0 Å². The van der Waals surface area contributed by atoms with Gasteiger partial charge in [0.1, 0.15) is 11.9 Å². The first-order valence-electron chi connectivity index (χ1n) is 10.7. The lowest BCUT2D eigenvalue weighted by Gasteiger charge is -2.18. The number of amides is 2. The number of hydrogen-bond acceptors (Lipinski definition) is 3. The van der Waals surface area contributed by atoms with Gasteiger partial charge in [-0.15, -0.1) is 0 Å². The van der Waals surface area contributed by atoms with Gasteiger partial charge in [-0.3, -0.25) is 9.59 Å². The van der Waals surface area contributed by atoms with E-state index in [4.69, 9.17) is 0 Å². The molecule has 2 amide bonds. The van der Waals surface area contributed by atoms with E-state index in [2.05, 4.69) is 22.5 Å². The van der Waals surface area contributed by atoms with E-state index >= 15 is 0 Å². The molecule has 0 radical (unpaired) electrons. The van der Waals surface area contributed by atoms with Crippen molar-refractivity contribution in [3.63, 3.8) is 0 Å². The monoisotopic (exact) mass is 395 g/mol. The van der Waals surface area contributed by atoms with Crippen LogP contribution in [-0.4, -0.2) is 22.8 Å². The third-order valence-electron chi connectivity index (χ3n) is 4.86. The third kappa shape index (κ3) is 9.37. The number of nitrogens with zero attached hydrogens (tertiary/aromatic N) is 1. The number of nitrogens with one attached hydrogen (secondary N) is 2. The summed E-state index contributed by atoms with van der Waals surface area (Å²) in [5.74, 6) is 0.160. The molecule has 2 aromatic rings. The average Bonchev–Trinajstić information content (AvgIpc) is 2.74. The lowest BCUT2D eigenvalue weighted by Crippen LogP contribution is -2.45. The Labute approximate surface area is 174 Å². The molecule has 156 valence electrons.